The van der Waals surface area contributed by atoms with Gasteiger partial charge in [-0.1, -0.05) is 20.8 Å². The van der Waals surface area contributed by atoms with Crippen molar-refractivity contribution >= 4 is 0 Å². The van der Waals surface area contributed by atoms with Crippen LogP contribution >= 0.6 is 0 Å². The molecule has 0 spiro atoms. The average molecular weight is 241 g/mol. The van der Waals surface area contributed by atoms with Crippen molar-refractivity contribution in [2.45, 2.75) is 72.4 Å². The van der Waals surface area contributed by atoms with Gasteiger partial charge in [0.15, 0.2) is 0 Å². The van der Waals surface area contributed by atoms with E-state index in [1.807, 2.05) is 0 Å². The molecule has 0 aromatic heterocycles. The summed E-state index contributed by atoms with van der Waals surface area (Å²) in [5, 5.41) is 3.60. The second-order valence-electron chi connectivity index (χ2n) is 7.17. The van der Waals surface area contributed by atoms with Crippen LogP contribution in [0.15, 0.2) is 0 Å². The minimum atomic E-state index is -0.00403. The van der Waals surface area contributed by atoms with Crippen molar-refractivity contribution in [3.63, 3.8) is 0 Å². The monoisotopic (exact) mass is 241 g/mol. The van der Waals surface area contributed by atoms with Crippen LogP contribution in [0.3, 0.4) is 0 Å². The van der Waals surface area contributed by atoms with Gasteiger partial charge in [-0.3, -0.25) is 0 Å². The van der Waals surface area contributed by atoms with Crippen LogP contribution < -0.4 is 5.32 Å². The van der Waals surface area contributed by atoms with E-state index in [-0.39, 0.29) is 5.60 Å². The molecule has 1 rings (SSSR count). The molecule has 0 saturated heterocycles. The Bertz CT molecular complexity index is 228. The first-order valence-electron chi connectivity index (χ1n) is 7.10. The van der Waals surface area contributed by atoms with Gasteiger partial charge in [0.1, 0.15) is 0 Å². The van der Waals surface area contributed by atoms with Crippen molar-refractivity contribution < 1.29 is 4.74 Å². The molecule has 2 heteroatoms. The zero-order valence-electron chi connectivity index (χ0n) is 12.6. The Morgan fingerprint density at radius 3 is 2.18 bits per heavy atom. The van der Waals surface area contributed by atoms with Gasteiger partial charge in [-0.25, -0.2) is 0 Å². The van der Waals surface area contributed by atoms with Gasteiger partial charge in [-0.15, -0.1) is 0 Å². The molecule has 0 amide bonds. The van der Waals surface area contributed by atoms with Crippen molar-refractivity contribution in [3.05, 3.63) is 0 Å². The van der Waals surface area contributed by atoms with Crippen LogP contribution in [0.2, 0.25) is 0 Å². The molecule has 1 N–H and O–H groups in total. The van der Waals surface area contributed by atoms with Crippen LogP contribution in [0.25, 0.3) is 0 Å². The average Bonchev–Trinajstić information content (AvgIpc) is 2.95. The van der Waals surface area contributed by atoms with E-state index < -0.39 is 0 Å². The van der Waals surface area contributed by atoms with E-state index in [2.05, 4.69) is 46.9 Å². The second-order valence-corrected chi connectivity index (χ2v) is 7.17. The number of rotatable bonds is 7. The largest absolute Gasteiger partial charge is 0.376 e. The van der Waals surface area contributed by atoms with Crippen LogP contribution in [0.1, 0.15) is 60.8 Å². The summed E-state index contributed by atoms with van der Waals surface area (Å²) in [5.41, 5.74) is 0.422. The molecule has 0 aromatic rings. The summed E-state index contributed by atoms with van der Waals surface area (Å²) in [6, 6.07) is 0.580. The fourth-order valence-electron chi connectivity index (χ4n) is 2.24. The molecule has 1 saturated carbocycles. The molecule has 0 aliphatic heterocycles. The van der Waals surface area contributed by atoms with Crippen molar-refractivity contribution in [1.29, 1.82) is 0 Å². The lowest BCUT2D eigenvalue weighted by molar-refractivity contribution is -0.0197. The lowest BCUT2D eigenvalue weighted by Gasteiger charge is -2.32. The maximum Gasteiger partial charge on any atom is 0.0598 e. The van der Waals surface area contributed by atoms with E-state index in [9.17, 15) is 0 Å². The Kier molecular flexibility index (Phi) is 5.03. The molecule has 1 atom stereocenters. The maximum absolute atomic E-state index is 5.88. The topological polar surface area (TPSA) is 21.3 Å². The highest BCUT2D eigenvalue weighted by Crippen LogP contribution is 2.47. The van der Waals surface area contributed by atoms with Crippen LogP contribution in [0.4, 0.5) is 0 Å². The maximum atomic E-state index is 5.88. The summed E-state index contributed by atoms with van der Waals surface area (Å²) in [6.07, 6.45) is 3.99. The Hall–Kier alpha value is -0.0800. The molecule has 0 aromatic carbocycles. The molecular formula is C15H31NO. The third-order valence-electron chi connectivity index (χ3n) is 3.69. The molecule has 1 aliphatic carbocycles. The first kappa shape index (κ1) is 15.0. The van der Waals surface area contributed by atoms with E-state index in [0.29, 0.717) is 11.5 Å². The van der Waals surface area contributed by atoms with E-state index in [1.54, 1.807) is 0 Å². The highest BCUT2D eigenvalue weighted by Gasteiger charge is 2.41. The number of ether oxygens (including phenoxy) is 1. The van der Waals surface area contributed by atoms with Gasteiger partial charge in [-0.2, -0.15) is 0 Å². The lowest BCUT2D eigenvalue weighted by Crippen LogP contribution is -2.38. The summed E-state index contributed by atoms with van der Waals surface area (Å²) < 4.78 is 5.88. The fraction of sp³-hybridized carbons (Fsp3) is 1.00. The van der Waals surface area contributed by atoms with E-state index >= 15 is 0 Å². The van der Waals surface area contributed by atoms with Gasteiger partial charge in [0.2, 0.25) is 0 Å². The van der Waals surface area contributed by atoms with Crippen molar-refractivity contribution in [3.8, 4) is 0 Å². The van der Waals surface area contributed by atoms with Crippen LogP contribution in [-0.2, 0) is 4.74 Å². The molecule has 17 heavy (non-hydrogen) atoms. The van der Waals surface area contributed by atoms with Gasteiger partial charge in [-0.05, 0) is 51.4 Å². The number of hydrogen-bond donors (Lipinski definition) is 1. The van der Waals surface area contributed by atoms with Crippen LogP contribution in [0, 0.1) is 11.3 Å². The molecule has 102 valence electrons. The zero-order chi connectivity index (χ0) is 13.1. The second kappa shape index (κ2) is 5.71. The Morgan fingerprint density at radius 2 is 1.76 bits per heavy atom. The van der Waals surface area contributed by atoms with Gasteiger partial charge in [0, 0.05) is 19.2 Å². The van der Waals surface area contributed by atoms with Gasteiger partial charge >= 0.3 is 0 Å². The molecule has 0 radical (unpaired) electrons. The third kappa shape index (κ3) is 5.87. The molecule has 1 aliphatic rings. The predicted molar refractivity (Wildman–Crippen MR) is 74.3 cm³/mol. The molecular weight excluding hydrogens is 210 g/mol. The van der Waals surface area contributed by atoms with Crippen molar-refractivity contribution in [1.82, 2.24) is 5.32 Å². The predicted octanol–water partition coefficient (Wildman–Crippen LogP) is 3.61. The summed E-state index contributed by atoms with van der Waals surface area (Å²) >= 11 is 0. The highest BCUT2D eigenvalue weighted by atomic mass is 16.5. The molecule has 2 nitrogen and oxygen atoms in total. The SMILES string of the molecule is CC(C)NCC(C)(CCOC(C)(C)C)C1CC1. The fourth-order valence-corrected chi connectivity index (χ4v) is 2.24. The molecule has 1 unspecified atom stereocenters. The quantitative estimate of drug-likeness (QED) is 0.735. The molecule has 1 fully saturated rings. The standard InChI is InChI=1S/C15H31NO/c1-12(2)16-11-15(6,13-7-8-13)9-10-17-14(3,4)5/h12-13,16H,7-11H2,1-6H3. The molecule has 0 heterocycles. The first-order chi connectivity index (χ1) is 7.73. The number of hydrogen-bond acceptors (Lipinski definition) is 2. The Labute approximate surface area is 108 Å². The van der Waals surface area contributed by atoms with Crippen molar-refractivity contribution in [2.75, 3.05) is 13.2 Å². The first-order valence-corrected chi connectivity index (χ1v) is 7.10. The minimum absolute atomic E-state index is 0.00403. The summed E-state index contributed by atoms with van der Waals surface area (Å²) in [5.74, 6) is 0.914. The van der Waals surface area contributed by atoms with Crippen LogP contribution in [-0.4, -0.2) is 24.8 Å². The van der Waals surface area contributed by atoms with Crippen LogP contribution in [0.5, 0.6) is 0 Å². The molecule has 0 bridgehead atoms. The zero-order valence-corrected chi connectivity index (χ0v) is 12.6. The smallest absolute Gasteiger partial charge is 0.0598 e. The Morgan fingerprint density at radius 1 is 1.18 bits per heavy atom. The third-order valence-corrected chi connectivity index (χ3v) is 3.69. The lowest BCUT2D eigenvalue weighted by atomic mass is 9.81. The van der Waals surface area contributed by atoms with Gasteiger partial charge in [0.05, 0.1) is 5.60 Å². The van der Waals surface area contributed by atoms with Crippen molar-refractivity contribution in [2.24, 2.45) is 11.3 Å². The summed E-state index contributed by atoms with van der Waals surface area (Å²) in [7, 11) is 0. The van der Waals surface area contributed by atoms with Gasteiger partial charge in [0.25, 0.3) is 0 Å². The normalized spacial score (nSPS) is 20.6. The summed E-state index contributed by atoms with van der Waals surface area (Å²) in [6.45, 7) is 15.3. The Balaban J connectivity index is 2.36. The minimum Gasteiger partial charge on any atom is -0.376 e. The summed E-state index contributed by atoms with van der Waals surface area (Å²) in [4.78, 5) is 0. The van der Waals surface area contributed by atoms with E-state index in [4.69, 9.17) is 4.74 Å². The van der Waals surface area contributed by atoms with E-state index in [0.717, 1.165) is 19.1 Å². The van der Waals surface area contributed by atoms with Gasteiger partial charge < -0.3 is 10.1 Å². The number of nitrogens with one attached hydrogen (secondary N) is 1. The van der Waals surface area contributed by atoms with E-state index in [1.165, 1.54) is 19.3 Å². The highest BCUT2D eigenvalue weighted by molar-refractivity contribution is 4.92.